The maximum absolute atomic E-state index is 10.2. The summed E-state index contributed by atoms with van der Waals surface area (Å²) < 4.78 is 0. The standard InChI is InChI=1S/C27H46O.C8H16O2/c1-18(2)7-6-8-19(3)23-11-12-24-22-10-9-20-17-21(28)13-15-26(20,4)25(22)14-16-27(23,24)5;1-2-3-4-5-6-7-8(9)10/h9,18-19,21-25,28H,6-8,10-17H2,1-5H3;2-7H2,1H3,(H,9,10)/t19-,21+,22+,23-,24+,25+,26+,27-;/m1./s1. The average molecular weight is 531 g/mol. The Labute approximate surface area is 235 Å². The molecule has 0 unspecified atom stereocenters. The molecule has 3 fully saturated rings. The SMILES string of the molecule is CC(C)CCC[C@@H](C)[C@H]1CC[C@H]2[C@@H]3CC=C4C[C@@H](O)CC[C@]4(C)[C@H]3CC[C@]12C.CCCCCCCC(=O)O. The number of rotatable bonds is 11. The molecular weight excluding hydrogens is 468 g/mol. The molecule has 0 amide bonds. The van der Waals surface area contributed by atoms with Crippen molar-refractivity contribution in [3.05, 3.63) is 11.6 Å². The fourth-order valence-electron chi connectivity index (χ4n) is 9.55. The van der Waals surface area contributed by atoms with Crippen molar-refractivity contribution in [2.45, 2.75) is 157 Å². The summed E-state index contributed by atoms with van der Waals surface area (Å²) in [5.74, 6) is 4.79. The van der Waals surface area contributed by atoms with E-state index in [1.54, 1.807) is 5.57 Å². The fraction of sp³-hybridized carbons (Fsp3) is 0.914. The van der Waals surface area contributed by atoms with E-state index in [-0.39, 0.29) is 6.10 Å². The number of carboxylic acids is 1. The first-order valence-electron chi connectivity index (χ1n) is 16.6. The first-order valence-corrected chi connectivity index (χ1v) is 16.6. The third-order valence-electron chi connectivity index (χ3n) is 11.8. The summed E-state index contributed by atoms with van der Waals surface area (Å²) in [4.78, 5) is 10.0. The lowest BCUT2D eigenvalue weighted by atomic mass is 9.47. The van der Waals surface area contributed by atoms with Crippen LogP contribution in [0.4, 0.5) is 0 Å². The zero-order chi connectivity index (χ0) is 27.9. The Morgan fingerprint density at radius 3 is 2.37 bits per heavy atom. The Kier molecular flexibility index (Phi) is 11.8. The molecule has 8 atom stereocenters. The first-order chi connectivity index (χ1) is 18.0. The van der Waals surface area contributed by atoms with Gasteiger partial charge in [-0.25, -0.2) is 0 Å². The van der Waals surface area contributed by atoms with Crippen LogP contribution in [0.3, 0.4) is 0 Å². The summed E-state index contributed by atoms with van der Waals surface area (Å²) in [7, 11) is 0. The smallest absolute Gasteiger partial charge is 0.303 e. The van der Waals surface area contributed by atoms with Crippen LogP contribution in [0.5, 0.6) is 0 Å². The van der Waals surface area contributed by atoms with Crippen LogP contribution >= 0.6 is 0 Å². The number of aliphatic carboxylic acids is 1. The topological polar surface area (TPSA) is 57.5 Å². The number of carbonyl (C=O) groups is 1. The molecule has 4 aliphatic rings. The molecule has 38 heavy (non-hydrogen) atoms. The van der Waals surface area contributed by atoms with Crippen molar-refractivity contribution in [1.29, 1.82) is 0 Å². The van der Waals surface area contributed by atoms with Gasteiger partial charge in [-0.05, 0) is 104 Å². The summed E-state index contributed by atoms with van der Waals surface area (Å²) in [6.07, 6.45) is 23.0. The molecule has 4 aliphatic carbocycles. The Morgan fingerprint density at radius 2 is 1.68 bits per heavy atom. The van der Waals surface area contributed by atoms with Gasteiger partial charge in [-0.2, -0.15) is 0 Å². The highest BCUT2D eigenvalue weighted by molar-refractivity contribution is 5.66. The quantitative estimate of drug-likeness (QED) is 0.206. The predicted molar refractivity (Wildman–Crippen MR) is 160 cm³/mol. The molecule has 3 saturated carbocycles. The number of fused-ring (bicyclic) bond motifs is 5. The maximum atomic E-state index is 10.2. The summed E-state index contributed by atoms with van der Waals surface area (Å²) in [5.41, 5.74) is 2.60. The lowest BCUT2D eigenvalue weighted by Gasteiger charge is -2.58. The van der Waals surface area contributed by atoms with Crippen LogP contribution < -0.4 is 0 Å². The largest absolute Gasteiger partial charge is 0.481 e. The van der Waals surface area contributed by atoms with E-state index in [2.05, 4.69) is 47.6 Å². The van der Waals surface area contributed by atoms with Gasteiger partial charge in [-0.3, -0.25) is 4.79 Å². The number of unbranched alkanes of at least 4 members (excludes halogenated alkanes) is 4. The molecule has 0 heterocycles. The molecule has 4 rings (SSSR count). The summed E-state index contributed by atoms with van der Waals surface area (Å²) in [5, 5.41) is 18.5. The predicted octanol–water partition coefficient (Wildman–Crippen LogP) is 9.82. The van der Waals surface area contributed by atoms with Crippen LogP contribution in [0.1, 0.15) is 151 Å². The van der Waals surface area contributed by atoms with E-state index < -0.39 is 5.97 Å². The van der Waals surface area contributed by atoms with E-state index >= 15 is 0 Å². The van der Waals surface area contributed by atoms with Crippen molar-refractivity contribution in [2.24, 2.45) is 46.3 Å². The van der Waals surface area contributed by atoms with Gasteiger partial charge in [0.05, 0.1) is 6.10 Å². The summed E-state index contributed by atoms with van der Waals surface area (Å²) >= 11 is 0. The molecule has 0 aromatic rings. The monoisotopic (exact) mass is 530 g/mol. The van der Waals surface area contributed by atoms with E-state index in [0.29, 0.717) is 17.3 Å². The number of hydrogen-bond donors (Lipinski definition) is 2. The highest BCUT2D eigenvalue weighted by atomic mass is 16.4. The van der Waals surface area contributed by atoms with E-state index in [1.165, 1.54) is 77.0 Å². The van der Waals surface area contributed by atoms with Gasteiger partial charge in [0.1, 0.15) is 0 Å². The number of hydrogen-bond acceptors (Lipinski definition) is 2. The molecule has 3 nitrogen and oxygen atoms in total. The minimum Gasteiger partial charge on any atom is -0.481 e. The molecule has 0 aromatic carbocycles. The highest BCUT2D eigenvalue weighted by Gasteiger charge is 2.59. The Morgan fingerprint density at radius 1 is 0.947 bits per heavy atom. The number of carboxylic acid groups (broad SMARTS) is 1. The van der Waals surface area contributed by atoms with E-state index in [0.717, 1.165) is 61.2 Å². The second kappa shape index (κ2) is 14.2. The molecule has 3 heteroatoms. The molecule has 0 spiro atoms. The molecule has 0 bridgehead atoms. The number of aliphatic hydroxyl groups excluding tert-OH is 1. The summed E-state index contributed by atoms with van der Waals surface area (Å²) in [6, 6.07) is 0. The van der Waals surface area contributed by atoms with Crippen molar-refractivity contribution >= 4 is 5.97 Å². The molecule has 0 aliphatic heterocycles. The van der Waals surface area contributed by atoms with Gasteiger partial charge in [0.15, 0.2) is 0 Å². The third-order valence-corrected chi connectivity index (χ3v) is 11.8. The molecular formula is C35H62O3. The molecule has 0 radical (unpaired) electrons. The van der Waals surface area contributed by atoms with Crippen LogP contribution in [0, 0.1) is 46.3 Å². The minimum atomic E-state index is -0.670. The highest BCUT2D eigenvalue weighted by Crippen LogP contribution is 2.67. The lowest BCUT2D eigenvalue weighted by Crippen LogP contribution is -2.50. The van der Waals surface area contributed by atoms with Crippen molar-refractivity contribution < 1.29 is 15.0 Å². The molecule has 220 valence electrons. The van der Waals surface area contributed by atoms with Crippen LogP contribution in [-0.4, -0.2) is 22.3 Å². The van der Waals surface area contributed by atoms with Crippen LogP contribution in [0.15, 0.2) is 11.6 Å². The van der Waals surface area contributed by atoms with E-state index in [1.807, 2.05) is 0 Å². The number of aliphatic hydroxyl groups is 1. The third kappa shape index (κ3) is 7.46. The Bertz CT molecular complexity index is 771. The zero-order valence-corrected chi connectivity index (χ0v) is 25.9. The molecule has 2 N–H and O–H groups in total. The van der Waals surface area contributed by atoms with Crippen molar-refractivity contribution in [2.75, 3.05) is 0 Å². The molecule has 0 saturated heterocycles. The van der Waals surface area contributed by atoms with Gasteiger partial charge in [0.25, 0.3) is 0 Å². The van der Waals surface area contributed by atoms with E-state index in [9.17, 15) is 9.90 Å². The van der Waals surface area contributed by atoms with Crippen LogP contribution in [-0.2, 0) is 4.79 Å². The minimum absolute atomic E-state index is 0.0766. The van der Waals surface area contributed by atoms with E-state index in [4.69, 9.17) is 5.11 Å². The summed E-state index contributed by atoms with van der Waals surface area (Å²) in [6.45, 7) is 14.7. The molecule has 0 aromatic heterocycles. The zero-order valence-electron chi connectivity index (χ0n) is 25.9. The van der Waals surface area contributed by atoms with Crippen molar-refractivity contribution in [1.82, 2.24) is 0 Å². The average Bonchev–Trinajstić information content (AvgIpc) is 3.21. The number of allylic oxidation sites excluding steroid dienone is 1. The van der Waals surface area contributed by atoms with Crippen LogP contribution in [0.2, 0.25) is 0 Å². The van der Waals surface area contributed by atoms with Gasteiger partial charge < -0.3 is 10.2 Å². The van der Waals surface area contributed by atoms with Crippen LogP contribution in [0.25, 0.3) is 0 Å². The lowest BCUT2D eigenvalue weighted by molar-refractivity contribution is -0.137. The van der Waals surface area contributed by atoms with Gasteiger partial charge in [-0.15, -0.1) is 0 Å². The first kappa shape index (κ1) is 31.7. The van der Waals surface area contributed by atoms with Gasteiger partial charge in [-0.1, -0.05) is 98.1 Å². The van der Waals surface area contributed by atoms with Gasteiger partial charge in [0, 0.05) is 6.42 Å². The van der Waals surface area contributed by atoms with Gasteiger partial charge >= 0.3 is 5.97 Å². The van der Waals surface area contributed by atoms with Crippen molar-refractivity contribution in [3.63, 3.8) is 0 Å². The van der Waals surface area contributed by atoms with Gasteiger partial charge in [0.2, 0.25) is 0 Å². The second-order valence-corrected chi connectivity index (χ2v) is 14.7. The fourth-order valence-corrected chi connectivity index (χ4v) is 9.55. The second-order valence-electron chi connectivity index (χ2n) is 14.7. The normalized spacial score (nSPS) is 36.8. The Hall–Kier alpha value is -0.830. The maximum Gasteiger partial charge on any atom is 0.303 e. The van der Waals surface area contributed by atoms with Crippen molar-refractivity contribution in [3.8, 4) is 0 Å². The Balaban J connectivity index is 0.000000342.